The lowest BCUT2D eigenvalue weighted by atomic mass is 9.89. The fourth-order valence-electron chi connectivity index (χ4n) is 5.74. The Morgan fingerprint density at radius 1 is 0.702 bits per heavy atom. The smallest absolute Gasteiger partial charge is 0.341 e. The Labute approximate surface area is 267 Å². The number of carbonyl (C=O) groups is 1. The van der Waals surface area contributed by atoms with E-state index in [-0.39, 0.29) is 12.2 Å². The van der Waals surface area contributed by atoms with E-state index >= 15 is 0 Å². The molecule has 47 heavy (non-hydrogen) atoms. The van der Waals surface area contributed by atoms with Crippen molar-refractivity contribution in [3.63, 3.8) is 0 Å². The molecule has 3 fully saturated rings. The molecule has 17 unspecified atom stereocenters. The molecule has 0 saturated carbocycles. The first-order chi connectivity index (χ1) is 22.4. The number of aliphatic hydroxyl groups excluding tert-OH is 10. The lowest BCUT2D eigenvalue weighted by molar-refractivity contribution is -0.353. The first-order valence-electron chi connectivity index (χ1n) is 14.8. The molecule has 19 nitrogen and oxygen atoms in total. The number of rotatable bonds is 10. The van der Waals surface area contributed by atoms with Crippen LogP contribution in [-0.2, 0) is 42.7 Å². The molecule has 0 bridgehead atoms. The van der Waals surface area contributed by atoms with Gasteiger partial charge in [-0.05, 0) is 11.6 Å². The Morgan fingerprint density at radius 3 is 1.72 bits per heavy atom. The number of ether oxygens (including phenoxy) is 8. The molecular formula is C28H40O19. The summed E-state index contributed by atoms with van der Waals surface area (Å²) in [5.74, 6) is -1.32. The Kier molecular flexibility index (Phi) is 11.7. The van der Waals surface area contributed by atoms with Gasteiger partial charge in [0, 0.05) is 0 Å². The Bertz CT molecular complexity index is 1160. The van der Waals surface area contributed by atoms with Gasteiger partial charge in [-0.3, -0.25) is 0 Å². The largest absolute Gasteiger partial charge is 0.471 e. The monoisotopic (exact) mass is 680 g/mol. The maximum absolute atomic E-state index is 12.1. The van der Waals surface area contributed by atoms with Gasteiger partial charge in [0.25, 0.3) is 0 Å². The molecule has 5 aliphatic rings. The van der Waals surface area contributed by atoms with E-state index in [9.17, 15) is 55.9 Å². The zero-order valence-electron chi connectivity index (χ0n) is 24.7. The van der Waals surface area contributed by atoms with Crippen molar-refractivity contribution in [1.29, 1.82) is 0 Å². The summed E-state index contributed by atoms with van der Waals surface area (Å²) < 4.78 is 43.7. The molecule has 17 atom stereocenters. The van der Waals surface area contributed by atoms with Gasteiger partial charge in [-0.1, -0.05) is 6.08 Å². The van der Waals surface area contributed by atoms with Crippen molar-refractivity contribution in [2.24, 2.45) is 5.92 Å². The standard InChI is InChI=1S/C28H40O19/c1-2-9-10-3-4-40-24(39)11(10)6-41-25(9)47-28-23(38)20(35)17(32)14(46-28)8-43-27-22(37)19(34)16(31)13(45-27)7-42-26-21(36)18(33)15(30)12(5-29)44-26/h2-3,6,9,12-23,25-38H,1,4-5,7-8H2. The minimum absolute atomic E-state index is 0.0109. The average Bonchev–Trinajstić information content (AvgIpc) is 3.06. The molecule has 19 heteroatoms. The van der Waals surface area contributed by atoms with E-state index in [0.717, 1.165) is 6.26 Å². The van der Waals surface area contributed by atoms with Crippen LogP contribution in [0.2, 0.25) is 0 Å². The molecule has 266 valence electrons. The number of hydrogen-bond donors (Lipinski definition) is 10. The number of fused-ring (bicyclic) bond motifs is 1. The SMILES string of the molecule is C=CC1C2=CCOC(=O)C2=COC1OC1OC(COC2OC(COC3OC(CO)C(O)C(O)C3O)C(O)C(O)C2O)C(O)C(O)C1O. The van der Waals surface area contributed by atoms with Crippen LogP contribution in [0.3, 0.4) is 0 Å². The number of esters is 1. The Morgan fingerprint density at radius 2 is 1.19 bits per heavy atom. The first kappa shape index (κ1) is 36.1. The summed E-state index contributed by atoms with van der Waals surface area (Å²) in [6.45, 7) is 1.82. The number of aliphatic hydroxyl groups is 10. The van der Waals surface area contributed by atoms with Crippen LogP contribution in [0.15, 0.2) is 36.1 Å². The lowest BCUT2D eigenvalue weighted by Gasteiger charge is -2.44. The molecule has 0 aliphatic carbocycles. The van der Waals surface area contributed by atoms with Gasteiger partial charge in [0.15, 0.2) is 18.9 Å². The molecule has 0 aromatic heterocycles. The van der Waals surface area contributed by atoms with E-state index in [1.54, 1.807) is 6.08 Å². The van der Waals surface area contributed by atoms with Crippen molar-refractivity contribution in [2.45, 2.75) is 98.4 Å². The van der Waals surface area contributed by atoms with Gasteiger partial charge >= 0.3 is 5.97 Å². The first-order valence-corrected chi connectivity index (χ1v) is 14.8. The van der Waals surface area contributed by atoms with E-state index in [2.05, 4.69) is 6.58 Å². The third-order valence-electron chi connectivity index (χ3n) is 8.58. The highest BCUT2D eigenvalue weighted by molar-refractivity contribution is 5.94. The number of cyclic esters (lactones) is 1. The minimum Gasteiger partial charge on any atom is -0.471 e. The van der Waals surface area contributed by atoms with Crippen LogP contribution >= 0.6 is 0 Å². The highest BCUT2D eigenvalue weighted by Gasteiger charge is 2.50. The van der Waals surface area contributed by atoms with Crippen LogP contribution in [0.5, 0.6) is 0 Å². The average molecular weight is 681 g/mol. The molecule has 5 aliphatic heterocycles. The quantitative estimate of drug-likeness (QED) is 0.0759. The lowest BCUT2D eigenvalue weighted by Crippen LogP contribution is -2.63. The molecule has 3 saturated heterocycles. The van der Waals surface area contributed by atoms with Crippen LogP contribution in [0.25, 0.3) is 0 Å². The Hall–Kier alpha value is -2.15. The van der Waals surface area contributed by atoms with E-state index in [1.807, 2.05) is 0 Å². The van der Waals surface area contributed by atoms with Gasteiger partial charge in [-0.2, -0.15) is 0 Å². The van der Waals surface area contributed by atoms with Gasteiger partial charge < -0.3 is 89.0 Å². The third kappa shape index (κ3) is 7.26. The van der Waals surface area contributed by atoms with E-state index < -0.39 is 130 Å². The molecule has 0 radical (unpaired) electrons. The topological polar surface area (TPSA) is 293 Å². The van der Waals surface area contributed by atoms with E-state index in [1.165, 1.54) is 6.08 Å². The van der Waals surface area contributed by atoms with Crippen molar-refractivity contribution in [2.75, 3.05) is 26.4 Å². The fraction of sp³-hybridized carbons (Fsp3) is 0.750. The normalized spacial score (nSPS) is 47.2. The van der Waals surface area contributed by atoms with Crippen LogP contribution in [0.1, 0.15) is 0 Å². The molecule has 5 heterocycles. The minimum atomic E-state index is -1.85. The predicted octanol–water partition coefficient (Wildman–Crippen LogP) is -6.02. The summed E-state index contributed by atoms with van der Waals surface area (Å²) in [4.78, 5) is 12.1. The highest BCUT2D eigenvalue weighted by atomic mass is 16.8. The zero-order chi connectivity index (χ0) is 34.2. The van der Waals surface area contributed by atoms with Crippen molar-refractivity contribution >= 4 is 5.97 Å². The van der Waals surface area contributed by atoms with Crippen LogP contribution in [0.4, 0.5) is 0 Å². The number of hydrogen-bond acceptors (Lipinski definition) is 19. The predicted molar refractivity (Wildman–Crippen MR) is 146 cm³/mol. The van der Waals surface area contributed by atoms with E-state index in [4.69, 9.17) is 37.9 Å². The summed E-state index contributed by atoms with van der Waals surface area (Å²) >= 11 is 0. The fourth-order valence-corrected chi connectivity index (χ4v) is 5.74. The maximum Gasteiger partial charge on any atom is 0.341 e. The van der Waals surface area contributed by atoms with Crippen molar-refractivity contribution < 1.29 is 93.8 Å². The van der Waals surface area contributed by atoms with Gasteiger partial charge in [0.05, 0.1) is 31.3 Å². The summed E-state index contributed by atoms with van der Waals surface area (Å²) in [6, 6.07) is 0. The highest BCUT2D eigenvalue weighted by Crippen LogP contribution is 2.36. The maximum atomic E-state index is 12.1. The third-order valence-corrected chi connectivity index (χ3v) is 8.58. The van der Waals surface area contributed by atoms with Crippen molar-refractivity contribution in [3.05, 3.63) is 36.1 Å². The second kappa shape index (κ2) is 15.2. The van der Waals surface area contributed by atoms with Crippen molar-refractivity contribution in [3.8, 4) is 0 Å². The summed E-state index contributed by atoms with van der Waals surface area (Å²) in [5, 5.41) is 103. The van der Waals surface area contributed by atoms with Crippen LogP contribution < -0.4 is 0 Å². The summed E-state index contributed by atoms with van der Waals surface area (Å²) in [6.07, 6.45) is -21.8. The second-order valence-electron chi connectivity index (χ2n) is 11.6. The molecule has 0 aromatic carbocycles. The molecule has 10 N–H and O–H groups in total. The Balaban J connectivity index is 1.20. The van der Waals surface area contributed by atoms with E-state index in [0.29, 0.717) is 5.57 Å². The summed E-state index contributed by atoms with van der Waals surface area (Å²) in [7, 11) is 0. The van der Waals surface area contributed by atoms with Gasteiger partial charge in [0.2, 0.25) is 6.29 Å². The molecule has 0 aromatic rings. The second-order valence-corrected chi connectivity index (χ2v) is 11.6. The van der Waals surface area contributed by atoms with Crippen LogP contribution in [0, 0.1) is 5.92 Å². The molecule has 0 amide bonds. The van der Waals surface area contributed by atoms with Gasteiger partial charge in [-0.15, -0.1) is 6.58 Å². The molecule has 5 rings (SSSR count). The van der Waals surface area contributed by atoms with Crippen molar-refractivity contribution in [1.82, 2.24) is 0 Å². The van der Waals surface area contributed by atoms with Gasteiger partial charge in [-0.25, -0.2) is 4.79 Å². The summed E-state index contributed by atoms with van der Waals surface area (Å²) in [5.41, 5.74) is 0.663. The number of carbonyl (C=O) groups excluding carboxylic acids is 1. The molecule has 0 spiro atoms. The molecular weight excluding hydrogens is 640 g/mol. The van der Waals surface area contributed by atoms with Crippen LogP contribution in [-0.4, -0.2) is 182 Å². The zero-order valence-corrected chi connectivity index (χ0v) is 24.7. The van der Waals surface area contributed by atoms with Gasteiger partial charge in [0.1, 0.15) is 86.1 Å².